The molecule has 0 fully saturated rings. The number of unbranched alkanes of at least 4 members (excludes halogenated alkanes) is 1. The lowest BCUT2D eigenvalue weighted by molar-refractivity contribution is -0.133. The molecule has 0 saturated heterocycles. The highest BCUT2D eigenvalue weighted by atomic mass is 16.5. The summed E-state index contributed by atoms with van der Waals surface area (Å²) in [5.74, 6) is 5.33. The van der Waals surface area contributed by atoms with E-state index in [2.05, 4.69) is 43.1 Å². The average molecular weight is 248 g/mol. The number of carbonyl (C=O) groups excluding carboxylic acids is 1. The van der Waals surface area contributed by atoms with Gasteiger partial charge in [0.25, 0.3) is 0 Å². The zero-order valence-electron chi connectivity index (χ0n) is 11.8. The molecule has 1 atom stereocenters. The molecule has 0 heterocycles. The van der Waals surface area contributed by atoms with Gasteiger partial charge in [0.15, 0.2) is 0 Å². The van der Waals surface area contributed by atoms with Gasteiger partial charge >= 0.3 is 5.97 Å². The van der Waals surface area contributed by atoms with Gasteiger partial charge in [-0.15, -0.1) is 6.58 Å². The Hall–Kier alpha value is -1.49. The van der Waals surface area contributed by atoms with Crippen molar-refractivity contribution >= 4 is 5.97 Å². The van der Waals surface area contributed by atoms with Gasteiger partial charge in [-0.1, -0.05) is 23.6 Å². The molecular weight excluding hydrogens is 224 g/mol. The van der Waals surface area contributed by atoms with Crippen LogP contribution in [-0.2, 0) is 9.53 Å². The van der Waals surface area contributed by atoms with Gasteiger partial charge in [0.1, 0.15) is 0 Å². The van der Waals surface area contributed by atoms with Gasteiger partial charge in [0.05, 0.1) is 7.11 Å². The standard InChI is InChI=1S/C16H24O2/c1-5-6-10-15(12-13-16(17)18-4)11-8-7-9-14(2)3/h5,9,15H,1,6-8,10-11H2,2-4H3. The van der Waals surface area contributed by atoms with Gasteiger partial charge in [0.2, 0.25) is 0 Å². The summed E-state index contributed by atoms with van der Waals surface area (Å²) in [7, 11) is 1.35. The van der Waals surface area contributed by atoms with Crippen molar-refractivity contribution in [3.8, 4) is 11.8 Å². The second kappa shape index (κ2) is 10.7. The SMILES string of the molecule is C=CCCC(C#CC(=O)OC)CCCC=C(C)C. The first kappa shape index (κ1) is 16.5. The fourth-order valence-corrected chi connectivity index (χ4v) is 1.57. The van der Waals surface area contributed by atoms with Crippen LogP contribution in [0.2, 0.25) is 0 Å². The van der Waals surface area contributed by atoms with Crippen molar-refractivity contribution in [2.24, 2.45) is 5.92 Å². The van der Waals surface area contributed by atoms with Crippen LogP contribution in [0.3, 0.4) is 0 Å². The Bertz CT molecular complexity index is 338. The Morgan fingerprint density at radius 1 is 1.33 bits per heavy atom. The fraction of sp³-hybridized carbons (Fsp3) is 0.562. The number of hydrogen-bond acceptors (Lipinski definition) is 2. The van der Waals surface area contributed by atoms with E-state index >= 15 is 0 Å². The van der Waals surface area contributed by atoms with Crippen LogP contribution in [0.4, 0.5) is 0 Å². The van der Waals surface area contributed by atoms with Crippen LogP contribution in [0.1, 0.15) is 46.0 Å². The van der Waals surface area contributed by atoms with Crippen LogP contribution in [0, 0.1) is 17.8 Å². The number of hydrogen-bond donors (Lipinski definition) is 0. The van der Waals surface area contributed by atoms with Gasteiger partial charge in [-0.05, 0) is 46.0 Å². The van der Waals surface area contributed by atoms with Crippen LogP contribution in [0.25, 0.3) is 0 Å². The number of methoxy groups -OCH3 is 1. The highest BCUT2D eigenvalue weighted by molar-refractivity contribution is 5.88. The zero-order valence-corrected chi connectivity index (χ0v) is 11.8. The van der Waals surface area contributed by atoms with Crippen LogP contribution in [0.15, 0.2) is 24.3 Å². The first-order valence-corrected chi connectivity index (χ1v) is 6.44. The molecule has 0 aliphatic heterocycles. The first-order chi connectivity index (χ1) is 8.60. The lowest BCUT2D eigenvalue weighted by atomic mass is 9.97. The highest BCUT2D eigenvalue weighted by Crippen LogP contribution is 2.15. The maximum Gasteiger partial charge on any atom is 0.384 e. The van der Waals surface area contributed by atoms with Crippen molar-refractivity contribution in [3.05, 3.63) is 24.3 Å². The Morgan fingerprint density at radius 3 is 2.61 bits per heavy atom. The van der Waals surface area contributed by atoms with Gasteiger partial charge in [-0.2, -0.15) is 0 Å². The quantitative estimate of drug-likeness (QED) is 0.225. The van der Waals surface area contributed by atoms with E-state index in [1.165, 1.54) is 12.7 Å². The molecule has 0 saturated carbocycles. The molecule has 0 aromatic rings. The minimum absolute atomic E-state index is 0.257. The van der Waals surface area contributed by atoms with E-state index in [0.29, 0.717) is 0 Å². The molecule has 0 radical (unpaired) electrons. The topological polar surface area (TPSA) is 26.3 Å². The van der Waals surface area contributed by atoms with Gasteiger partial charge in [0, 0.05) is 11.8 Å². The van der Waals surface area contributed by atoms with E-state index in [1.807, 2.05) is 6.08 Å². The summed E-state index contributed by atoms with van der Waals surface area (Å²) in [6.07, 6.45) is 9.21. The normalized spacial score (nSPS) is 10.8. The second-order valence-corrected chi connectivity index (χ2v) is 4.54. The third-order valence-electron chi connectivity index (χ3n) is 2.59. The summed E-state index contributed by atoms with van der Waals surface area (Å²) in [5, 5.41) is 0. The maximum absolute atomic E-state index is 11.0. The molecule has 0 N–H and O–H groups in total. The predicted octanol–water partition coefficient (Wildman–Crippen LogP) is 3.88. The minimum Gasteiger partial charge on any atom is -0.459 e. The van der Waals surface area contributed by atoms with E-state index in [0.717, 1.165) is 32.1 Å². The molecule has 0 bridgehead atoms. The lowest BCUT2D eigenvalue weighted by Gasteiger charge is -2.08. The molecule has 0 aliphatic carbocycles. The molecule has 100 valence electrons. The molecule has 18 heavy (non-hydrogen) atoms. The molecule has 2 nitrogen and oxygen atoms in total. The number of ether oxygens (including phenoxy) is 1. The number of esters is 1. The lowest BCUT2D eigenvalue weighted by Crippen LogP contribution is -2.00. The smallest absolute Gasteiger partial charge is 0.384 e. The summed E-state index contributed by atoms with van der Waals surface area (Å²) in [5.41, 5.74) is 1.35. The van der Waals surface area contributed by atoms with Crippen molar-refractivity contribution in [1.82, 2.24) is 0 Å². The van der Waals surface area contributed by atoms with E-state index in [4.69, 9.17) is 0 Å². The zero-order chi connectivity index (χ0) is 13.8. The number of carbonyl (C=O) groups is 1. The average Bonchev–Trinajstić information content (AvgIpc) is 2.35. The van der Waals surface area contributed by atoms with Crippen LogP contribution < -0.4 is 0 Å². The Balaban J connectivity index is 4.20. The van der Waals surface area contributed by atoms with Crippen LogP contribution >= 0.6 is 0 Å². The van der Waals surface area contributed by atoms with E-state index in [1.54, 1.807) is 0 Å². The third kappa shape index (κ3) is 9.72. The van der Waals surface area contributed by atoms with Crippen molar-refractivity contribution < 1.29 is 9.53 Å². The largest absolute Gasteiger partial charge is 0.459 e. The van der Waals surface area contributed by atoms with Gasteiger partial charge in [-0.3, -0.25) is 0 Å². The maximum atomic E-state index is 11.0. The molecule has 0 spiro atoms. The summed E-state index contributed by atoms with van der Waals surface area (Å²) in [6.45, 7) is 7.92. The van der Waals surface area contributed by atoms with Crippen LogP contribution in [-0.4, -0.2) is 13.1 Å². The Labute approximate surface area is 111 Å². The fourth-order valence-electron chi connectivity index (χ4n) is 1.57. The van der Waals surface area contributed by atoms with Gasteiger partial charge < -0.3 is 4.74 Å². The number of allylic oxidation sites excluding steroid dienone is 3. The molecule has 0 aromatic heterocycles. The molecule has 2 heteroatoms. The van der Waals surface area contributed by atoms with Crippen molar-refractivity contribution in [3.63, 3.8) is 0 Å². The van der Waals surface area contributed by atoms with E-state index < -0.39 is 5.97 Å². The molecule has 0 aliphatic rings. The molecule has 0 aromatic carbocycles. The van der Waals surface area contributed by atoms with E-state index in [9.17, 15) is 4.79 Å². The van der Waals surface area contributed by atoms with Crippen molar-refractivity contribution in [2.45, 2.75) is 46.0 Å². The minimum atomic E-state index is -0.456. The van der Waals surface area contributed by atoms with E-state index in [-0.39, 0.29) is 5.92 Å². The summed E-state index contributed by atoms with van der Waals surface area (Å²) >= 11 is 0. The molecular formula is C16H24O2. The Morgan fingerprint density at radius 2 is 2.06 bits per heavy atom. The summed E-state index contributed by atoms with van der Waals surface area (Å²) < 4.78 is 4.52. The molecule has 0 rings (SSSR count). The highest BCUT2D eigenvalue weighted by Gasteiger charge is 2.04. The van der Waals surface area contributed by atoms with Crippen molar-refractivity contribution in [1.29, 1.82) is 0 Å². The second-order valence-electron chi connectivity index (χ2n) is 4.54. The third-order valence-corrected chi connectivity index (χ3v) is 2.59. The van der Waals surface area contributed by atoms with Crippen molar-refractivity contribution in [2.75, 3.05) is 7.11 Å². The van der Waals surface area contributed by atoms with Gasteiger partial charge in [-0.25, -0.2) is 4.79 Å². The first-order valence-electron chi connectivity index (χ1n) is 6.44. The summed E-state index contributed by atoms with van der Waals surface area (Å²) in [4.78, 5) is 11.0. The summed E-state index contributed by atoms with van der Waals surface area (Å²) in [6, 6.07) is 0. The number of rotatable bonds is 7. The molecule has 0 amide bonds. The predicted molar refractivity (Wildman–Crippen MR) is 76.0 cm³/mol. The molecule has 1 unspecified atom stereocenters. The Kier molecular flexibility index (Phi) is 9.77. The monoisotopic (exact) mass is 248 g/mol. The van der Waals surface area contributed by atoms with Crippen LogP contribution in [0.5, 0.6) is 0 Å².